The largest absolute Gasteiger partial charge is 0.445 e. The summed E-state index contributed by atoms with van der Waals surface area (Å²) in [6, 6.07) is 8.46. The fourth-order valence-corrected chi connectivity index (χ4v) is 4.14. The van der Waals surface area contributed by atoms with Crippen LogP contribution < -0.4 is 15.9 Å². The Hall–Kier alpha value is -1.89. The highest BCUT2D eigenvalue weighted by Crippen LogP contribution is 2.39. The summed E-state index contributed by atoms with van der Waals surface area (Å²) in [5.74, 6) is -0.447. The van der Waals surface area contributed by atoms with Gasteiger partial charge in [0, 0.05) is 13.1 Å². The highest BCUT2D eigenvalue weighted by Gasteiger charge is 2.38. The van der Waals surface area contributed by atoms with Gasteiger partial charge in [-0.2, -0.15) is 0 Å². The highest BCUT2D eigenvalue weighted by molar-refractivity contribution is 7.57. The predicted octanol–water partition coefficient (Wildman–Crippen LogP) is 1.97. The van der Waals surface area contributed by atoms with Gasteiger partial charge in [0.15, 0.2) is 0 Å². The predicted molar refractivity (Wildman–Crippen MR) is 94.6 cm³/mol. The molecule has 0 aliphatic carbocycles. The molecule has 1 saturated heterocycles. The molecule has 25 heavy (non-hydrogen) atoms. The second-order valence-electron chi connectivity index (χ2n) is 5.89. The van der Waals surface area contributed by atoms with Gasteiger partial charge in [-0.25, -0.2) is 9.88 Å². The standard InChI is InChI=1S/C16H25N4O4P/c1-2-10-18-25(17,23)20-11-6-9-14(15(20)21)19-16(22)24-12-13-7-4-3-5-8-13/h3-5,7-8,14H,2,6,9-12H2,1H3,(H,19,22)(H3,17,18,23)/t14-,25?/m0/s1. The van der Waals surface area contributed by atoms with Crippen molar-refractivity contribution in [2.45, 2.75) is 38.8 Å². The first-order chi connectivity index (χ1) is 11.9. The van der Waals surface area contributed by atoms with Crippen molar-refractivity contribution in [2.24, 2.45) is 5.50 Å². The molecule has 1 aromatic rings. The van der Waals surface area contributed by atoms with Crippen LogP contribution in [0.1, 0.15) is 31.7 Å². The lowest BCUT2D eigenvalue weighted by atomic mass is 10.1. The Labute approximate surface area is 147 Å². The first-order valence-corrected chi connectivity index (χ1v) is 10.1. The Morgan fingerprint density at radius 2 is 2.12 bits per heavy atom. The van der Waals surface area contributed by atoms with Crippen LogP contribution >= 0.6 is 7.59 Å². The number of piperidine rings is 1. The average Bonchev–Trinajstić information content (AvgIpc) is 2.61. The van der Waals surface area contributed by atoms with Gasteiger partial charge in [0.25, 0.3) is 5.91 Å². The van der Waals surface area contributed by atoms with Crippen molar-refractivity contribution in [1.82, 2.24) is 15.1 Å². The molecule has 2 atom stereocenters. The number of carbonyl (C=O) groups is 2. The van der Waals surface area contributed by atoms with Crippen molar-refractivity contribution in [3.8, 4) is 0 Å². The smallest absolute Gasteiger partial charge is 0.408 e. The number of carbonyl (C=O) groups excluding carboxylic acids is 2. The molecule has 1 aliphatic rings. The fourth-order valence-electron chi connectivity index (χ4n) is 2.55. The molecular formula is C16H25N4O4P. The number of hydrogen-bond donors (Lipinski definition) is 3. The van der Waals surface area contributed by atoms with Crippen LogP contribution in [0.4, 0.5) is 4.79 Å². The van der Waals surface area contributed by atoms with Crippen LogP contribution in [0.5, 0.6) is 0 Å². The summed E-state index contributed by atoms with van der Waals surface area (Å²) >= 11 is 0. The fraction of sp³-hybridized carbons (Fsp3) is 0.500. The third-order valence-electron chi connectivity index (χ3n) is 3.87. The number of benzene rings is 1. The van der Waals surface area contributed by atoms with Crippen LogP contribution in [0.25, 0.3) is 0 Å². The first kappa shape index (κ1) is 19.4. The summed E-state index contributed by atoms with van der Waals surface area (Å²) in [5.41, 5.74) is 6.65. The minimum absolute atomic E-state index is 0.116. The molecule has 138 valence electrons. The van der Waals surface area contributed by atoms with Crippen molar-refractivity contribution in [3.63, 3.8) is 0 Å². The maximum absolute atomic E-state index is 12.5. The van der Waals surface area contributed by atoms with Crippen molar-refractivity contribution in [2.75, 3.05) is 13.1 Å². The van der Waals surface area contributed by atoms with Crippen LogP contribution in [0.15, 0.2) is 30.3 Å². The van der Waals surface area contributed by atoms with E-state index >= 15 is 0 Å². The number of nitrogens with two attached hydrogens (primary N) is 1. The van der Waals surface area contributed by atoms with Crippen LogP contribution in [-0.2, 0) is 20.7 Å². The molecule has 1 aromatic carbocycles. The van der Waals surface area contributed by atoms with Crippen LogP contribution in [0, 0.1) is 0 Å². The molecule has 0 radical (unpaired) electrons. The maximum Gasteiger partial charge on any atom is 0.408 e. The molecule has 8 nitrogen and oxygen atoms in total. The van der Waals surface area contributed by atoms with Gasteiger partial charge in [0.1, 0.15) is 12.6 Å². The number of rotatable bonds is 7. The molecule has 2 amide bonds. The molecule has 1 fully saturated rings. The molecule has 2 rings (SSSR count). The minimum Gasteiger partial charge on any atom is -0.445 e. The summed E-state index contributed by atoms with van der Waals surface area (Å²) in [4.78, 5) is 24.4. The number of amides is 2. The second kappa shape index (κ2) is 8.99. The Morgan fingerprint density at radius 1 is 1.40 bits per heavy atom. The summed E-state index contributed by atoms with van der Waals surface area (Å²) in [5, 5.41) is 5.26. The van der Waals surface area contributed by atoms with E-state index in [-0.39, 0.29) is 6.61 Å². The Morgan fingerprint density at radius 3 is 2.80 bits per heavy atom. The third kappa shape index (κ3) is 5.56. The Bertz CT molecular complexity index is 640. The Balaban J connectivity index is 1.89. The topological polar surface area (TPSA) is 114 Å². The van der Waals surface area contributed by atoms with Gasteiger partial charge in [0.05, 0.1) is 0 Å². The SMILES string of the molecule is CCCNP(N)(=O)N1CCC[C@H](NC(=O)OCc2ccccc2)C1=O. The van der Waals surface area contributed by atoms with Gasteiger partial charge in [-0.3, -0.25) is 19.5 Å². The van der Waals surface area contributed by atoms with E-state index < -0.39 is 25.6 Å². The molecule has 1 heterocycles. The number of hydrogen-bond acceptors (Lipinski definition) is 4. The highest BCUT2D eigenvalue weighted by atomic mass is 31.2. The molecule has 1 unspecified atom stereocenters. The van der Waals surface area contributed by atoms with E-state index in [0.717, 1.165) is 16.7 Å². The van der Waals surface area contributed by atoms with Gasteiger partial charge in [-0.05, 0) is 24.8 Å². The third-order valence-corrected chi connectivity index (χ3v) is 5.66. The Kier molecular flexibility index (Phi) is 6.99. The summed E-state index contributed by atoms with van der Waals surface area (Å²) in [6.07, 6.45) is 1.13. The molecule has 0 bridgehead atoms. The van der Waals surface area contributed by atoms with Crippen LogP contribution in [0.2, 0.25) is 0 Å². The number of ether oxygens (including phenoxy) is 1. The second-order valence-corrected chi connectivity index (χ2v) is 7.94. The lowest BCUT2D eigenvalue weighted by Gasteiger charge is -2.35. The van der Waals surface area contributed by atoms with Gasteiger partial charge in [0.2, 0.25) is 0 Å². The summed E-state index contributed by atoms with van der Waals surface area (Å²) in [7, 11) is -3.44. The van der Waals surface area contributed by atoms with Crippen molar-refractivity contribution >= 4 is 19.6 Å². The van der Waals surface area contributed by atoms with Gasteiger partial charge >= 0.3 is 13.7 Å². The molecule has 1 aliphatic heterocycles. The van der Waals surface area contributed by atoms with Gasteiger partial charge < -0.3 is 10.1 Å². The lowest BCUT2D eigenvalue weighted by molar-refractivity contribution is -0.130. The zero-order valence-corrected chi connectivity index (χ0v) is 15.2. The molecule has 4 N–H and O–H groups in total. The maximum atomic E-state index is 12.5. The quantitative estimate of drug-likeness (QED) is 0.634. The molecular weight excluding hydrogens is 343 g/mol. The number of alkyl carbamates (subject to hydrolysis) is 1. The van der Waals surface area contributed by atoms with Crippen LogP contribution in [-0.4, -0.2) is 35.8 Å². The van der Waals surface area contributed by atoms with E-state index in [2.05, 4.69) is 10.4 Å². The average molecular weight is 368 g/mol. The van der Waals surface area contributed by atoms with Crippen molar-refractivity contribution < 1.29 is 18.9 Å². The van der Waals surface area contributed by atoms with E-state index in [1.807, 2.05) is 37.3 Å². The number of nitrogens with one attached hydrogen (secondary N) is 2. The van der Waals surface area contributed by atoms with Gasteiger partial charge in [-0.1, -0.05) is 37.3 Å². The lowest BCUT2D eigenvalue weighted by Crippen LogP contribution is -2.53. The van der Waals surface area contributed by atoms with Crippen LogP contribution in [0.3, 0.4) is 0 Å². The molecule has 0 aromatic heterocycles. The molecule has 0 spiro atoms. The van der Waals surface area contributed by atoms with Crippen molar-refractivity contribution in [1.29, 1.82) is 0 Å². The first-order valence-electron chi connectivity index (χ1n) is 8.37. The molecule has 0 saturated carbocycles. The van der Waals surface area contributed by atoms with E-state index in [1.165, 1.54) is 0 Å². The van der Waals surface area contributed by atoms with E-state index in [0.29, 0.717) is 25.9 Å². The molecule has 9 heteroatoms. The minimum atomic E-state index is -3.44. The van der Waals surface area contributed by atoms with E-state index in [4.69, 9.17) is 10.2 Å². The van der Waals surface area contributed by atoms with Crippen molar-refractivity contribution in [3.05, 3.63) is 35.9 Å². The zero-order chi connectivity index (χ0) is 18.3. The monoisotopic (exact) mass is 368 g/mol. The summed E-state index contributed by atoms with van der Waals surface area (Å²) in [6.45, 7) is 2.79. The van der Waals surface area contributed by atoms with Gasteiger partial charge in [-0.15, -0.1) is 0 Å². The van der Waals surface area contributed by atoms with E-state index in [1.54, 1.807) is 0 Å². The zero-order valence-electron chi connectivity index (χ0n) is 14.3. The summed E-state index contributed by atoms with van der Waals surface area (Å²) < 4.78 is 18.8. The normalized spacial score (nSPS) is 20.0. The van der Waals surface area contributed by atoms with E-state index in [9.17, 15) is 14.2 Å². The number of nitrogens with zero attached hydrogens (tertiary/aromatic N) is 1.